The Bertz CT molecular complexity index is 1180. The molecule has 0 amide bonds. The number of fused-ring (bicyclic) bond motifs is 1. The minimum atomic E-state index is -3.90. The predicted octanol–water partition coefficient (Wildman–Crippen LogP) is 3.46. The number of hydrogen-bond acceptors (Lipinski definition) is 6. The number of aromatic amines is 1. The fraction of sp³-hybridized carbons (Fsp3) is 0.364. The number of aromatic nitrogens is 2. The van der Waals surface area contributed by atoms with Crippen LogP contribution in [0.2, 0.25) is 0 Å². The summed E-state index contributed by atoms with van der Waals surface area (Å²) in [4.78, 5) is 19.6. The monoisotopic (exact) mass is 442 g/mol. The summed E-state index contributed by atoms with van der Waals surface area (Å²) >= 11 is 0. The number of benzene rings is 1. The van der Waals surface area contributed by atoms with E-state index >= 15 is 0 Å². The maximum Gasteiger partial charge on any atom is 0.308 e. The lowest BCUT2D eigenvalue weighted by Gasteiger charge is -2.37. The molecule has 4 rings (SSSR count). The van der Waals surface area contributed by atoms with E-state index in [-0.39, 0.29) is 22.8 Å². The number of nitrogens with two attached hydrogens (primary N) is 1. The number of nitrogens with zero attached hydrogens (tertiary/aromatic N) is 2. The topological polar surface area (TPSA) is 118 Å². The molecule has 9 heteroatoms. The second kappa shape index (κ2) is 8.58. The van der Waals surface area contributed by atoms with Crippen LogP contribution in [0.15, 0.2) is 53.7 Å². The highest BCUT2D eigenvalue weighted by Gasteiger charge is 2.37. The Morgan fingerprint density at radius 2 is 2.00 bits per heavy atom. The van der Waals surface area contributed by atoms with Gasteiger partial charge in [-0.15, -0.1) is 0 Å². The average Bonchev–Trinajstić information content (AvgIpc) is 3.24. The van der Waals surface area contributed by atoms with Crippen molar-refractivity contribution in [3.63, 3.8) is 0 Å². The van der Waals surface area contributed by atoms with Crippen LogP contribution in [-0.4, -0.2) is 37.0 Å². The summed E-state index contributed by atoms with van der Waals surface area (Å²) in [5, 5.41) is 0.725. The maximum absolute atomic E-state index is 13.8. The number of sulfonamides is 1. The van der Waals surface area contributed by atoms with Crippen molar-refractivity contribution >= 4 is 38.4 Å². The van der Waals surface area contributed by atoms with E-state index in [0.717, 1.165) is 5.39 Å². The standard InChI is InChI=1S/C22H26N4O4S/c1-2-30-22(27)15-6-8-17(9-7-15)26(20-11-13-25-21-19(20)10-12-24-21)31(28,29)18-5-3-4-16(23)14-18/h3-5,10-15,17H,2,6-9,23H2,1H3,(H,24,25). The average molecular weight is 443 g/mol. The van der Waals surface area contributed by atoms with Gasteiger partial charge >= 0.3 is 5.97 Å². The van der Waals surface area contributed by atoms with Gasteiger partial charge in [0.15, 0.2) is 0 Å². The summed E-state index contributed by atoms with van der Waals surface area (Å²) in [5.74, 6) is -0.402. The molecule has 1 saturated carbocycles. The van der Waals surface area contributed by atoms with Crippen LogP contribution in [0, 0.1) is 5.92 Å². The lowest BCUT2D eigenvalue weighted by molar-refractivity contribution is -0.149. The molecule has 1 fully saturated rings. The van der Waals surface area contributed by atoms with Crippen molar-refractivity contribution in [1.82, 2.24) is 9.97 Å². The van der Waals surface area contributed by atoms with Crippen molar-refractivity contribution in [2.24, 2.45) is 5.92 Å². The number of nitrogen functional groups attached to an aromatic ring is 1. The summed E-state index contributed by atoms with van der Waals surface area (Å²) in [6.07, 6.45) is 5.60. The van der Waals surface area contributed by atoms with Crippen LogP contribution in [0.1, 0.15) is 32.6 Å². The van der Waals surface area contributed by atoms with Crippen LogP contribution >= 0.6 is 0 Å². The minimum Gasteiger partial charge on any atom is -0.466 e. The molecule has 1 aromatic carbocycles. The Balaban J connectivity index is 1.74. The predicted molar refractivity (Wildman–Crippen MR) is 119 cm³/mol. The number of esters is 1. The van der Waals surface area contributed by atoms with Crippen molar-refractivity contribution in [3.8, 4) is 0 Å². The first-order valence-corrected chi connectivity index (χ1v) is 11.8. The molecule has 1 aliphatic carbocycles. The molecule has 3 aromatic rings. The molecular weight excluding hydrogens is 416 g/mol. The van der Waals surface area contributed by atoms with E-state index in [2.05, 4.69) is 9.97 Å². The molecule has 164 valence electrons. The van der Waals surface area contributed by atoms with Gasteiger partial charge in [0.05, 0.1) is 23.1 Å². The highest BCUT2D eigenvalue weighted by molar-refractivity contribution is 7.92. The van der Waals surface area contributed by atoms with Gasteiger partial charge < -0.3 is 15.5 Å². The first-order chi connectivity index (χ1) is 14.9. The zero-order chi connectivity index (χ0) is 22.0. The van der Waals surface area contributed by atoms with Gasteiger partial charge in [-0.1, -0.05) is 6.07 Å². The zero-order valence-electron chi connectivity index (χ0n) is 17.3. The normalized spacial score (nSPS) is 19.3. The summed E-state index contributed by atoms with van der Waals surface area (Å²) in [6, 6.07) is 9.57. The second-order valence-electron chi connectivity index (χ2n) is 7.70. The number of H-pyrrole nitrogens is 1. The third-order valence-electron chi connectivity index (χ3n) is 5.74. The van der Waals surface area contributed by atoms with Gasteiger partial charge in [0.25, 0.3) is 10.0 Å². The van der Waals surface area contributed by atoms with E-state index in [9.17, 15) is 13.2 Å². The molecule has 31 heavy (non-hydrogen) atoms. The molecule has 2 aromatic heterocycles. The molecule has 2 heterocycles. The van der Waals surface area contributed by atoms with E-state index in [1.807, 2.05) is 6.07 Å². The van der Waals surface area contributed by atoms with Crippen LogP contribution in [-0.2, 0) is 19.6 Å². The van der Waals surface area contributed by atoms with E-state index in [0.29, 0.717) is 49.3 Å². The molecule has 0 unspecified atom stereocenters. The number of carbonyl (C=O) groups is 1. The number of ether oxygens (including phenoxy) is 1. The fourth-order valence-corrected chi connectivity index (χ4v) is 6.04. The lowest BCUT2D eigenvalue weighted by atomic mass is 9.86. The fourth-order valence-electron chi connectivity index (χ4n) is 4.26. The Hall–Kier alpha value is -3.07. The largest absolute Gasteiger partial charge is 0.466 e. The Labute approximate surface area is 181 Å². The molecule has 0 radical (unpaired) electrons. The molecule has 1 aliphatic rings. The van der Waals surface area contributed by atoms with Gasteiger partial charge in [-0.05, 0) is 62.9 Å². The van der Waals surface area contributed by atoms with Crippen molar-refractivity contribution in [2.75, 3.05) is 16.6 Å². The van der Waals surface area contributed by atoms with E-state index in [1.165, 1.54) is 10.4 Å². The van der Waals surface area contributed by atoms with Gasteiger partial charge in [-0.2, -0.15) is 0 Å². The third-order valence-corrected chi connectivity index (χ3v) is 7.60. The zero-order valence-corrected chi connectivity index (χ0v) is 18.1. The van der Waals surface area contributed by atoms with Crippen LogP contribution in [0.5, 0.6) is 0 Å². The van der Waals surface area contributed by atoms with E-state index in [4.69, 9.17) is 10.5 Å². The van der Waals surface area contributed by atoms with E-state index in [1.54, 1.807) is 43.6 Å². The number of pyridine rings is 1. The molecule has 0 atom stereocenters. The third kappa shape index (κ3) is 4.10. The van der Waals surface area contributed by atoms with Crippen molar-refractivity contribution < 1.29 is 17.9 Å². The maximum atomic E-state index is 13.8. The molecule has 0 saturated heterocycles. The molecule has 0 aliphatic heterocycles. The Morgan fingerprint density at radius 1 is 1.23 bits per heavy atom. The molecule has 0 spiro atoms. The number of carbonyl (C=O) groups excluding carboxylic acids is 1. The highest BCUT2D eigenvalue weighted by Crippen LogP contribution is 2.38. The number of hydrogen-bond donors (Lipinski definition) is 2. The van der Waals surface area contributed by atoms with Crippen molar-refractivity contribution in [2.45, 2.75) is 43.5 Å². The van der Waals surface area contributed by atoms with Gasteiger partial charge in [0.2, 0.25) is 0 Å². The summed E-state index contributed by atoms with van der Waals surface area (Å²) in [5.41, 5.74) is 7.44. The molecule has 8 nitrogen and oxygen atoms in total. The summed E-state index contributed by atoms with van der Waals surface area (Å²) in [6.45, 7) is 2.13. The summed E-state index contributed by atoms with van der Waals surface area (Å²) < 4.78 is 34.3. The first kappa shape index (κ1) is 21.2. The molecular formula is C22H26N4O4S. The second-order valence-corrected chi connectivity index (χ2v) is 9.52. The van der Waals surface area contributed by atoms with Crippen LogP contribution in [0.25, 0.3) is 11.0 Å². The SMILES string of the molecule is CCOC(=O)C1CCC(N(c2ccnc3[nH]ccc23)S(=O)(=O)c2cccc(N)c2)CC1. The van der Waals surface area contributed by atoms with Gasteiger partial charge in [0.1, 0.15) is 5.65 Å². The van der Waals surface area contributed by atoms with E-state index < -0.39 is 10.0 Å². The number of anilines is 2. The van der Waals surface area contributed by atoms with Gasteiger partial charge in [-0.25, -0.2) is 13.4 Å². The smallest absolute Gasteiger partial charge is 0.308 e. The van der Waals surface area contributed by atoms with Crippen LogP contribution in [0.4, 0.5) is 11.4 Å². The minimum absolute atomic E-state index is 0.139. The molecule has 0 bridgehead atoms. The Morgan fingerprint density at radius 3 is 2.71 bits per heavy atom. The number of rotatable bonds is 6. The Kier molecular flexibility index (Phi) is 5.86. The van der Waals surface area contributed by atoms with Crippen LogP contribution in [0.3, 0.4) is 0 Å². The van der Waals surface area contributed by atoms with Crippen LogP contribution < -0.4 is 10.0 Å². The van der Waals surface area contributed by atoms with Gasteiger partial charge in [0, 0.05) is 29.5 Å². The first-order valence-electron chi connectivity index (χ1n) is 10.4. The van der Waals surface area contributed by atoms with Crippen molar-refractivity contribution in [1.29, 1.82) is 0 Å². The highest BCUT2D eigenvalue weighted by atomic mass is 32.2. The van der Waals surface area contributed by atoms with Gasteiger partial charge in [-0.3, -0.25) is 9.10 Å². The quantitative estimate of drug-likeness (QED) is 0.446. The number of nitrogens with one attached hydrogen (secondary N) is 1. The lowest BCUT2D eigenvalue weighted by Crippen LogP contribution is -2.43. The summed E-state index contributed by atoms with van der Waals surface area (Å²) in [7, 11) is -3.90. The molecule has 3 N–H and O–H groups in total. The van der Waals surface area contributed by atoms with Crippen molar-refractivity contribution in [3.05, 3.63) is 48.8 Å².